The van der Waals surface area contributed by atoms with Gasteiger partial charge in [-0.1, -0.05) is 41.6 Å². The van der Waals surface area contributed by atoms with Gasteiger partial charge in [0.25, 0.3) is 0 Å². The number of aryl methyl sites for hydroxylation is 2. The quantitative estimate of drug-likeness (QED) is 0.784. The molecule has 4 rings (SSSR count). The summed E-state index contributed by atoms with van der Waals surface area (Å²) in [5.74, 6) is 0.262. The number of fused-ring (bicyclic) bond motifs is 1. The lowest BCUT2D eigenvalue weighted by Crippen LogP contribution is -2.39. The number of thioether (sulfide) groups is 1. The van der Waals surface area contributed by atoms with Crippen LogP contribution < -0.4 is 10.2 Å². The summed E-state index contributed by atoms with van der Waals surface area (Å²) in [4.78, 5) is 19.2. The second-order valence-corrected chi connectivity index (χ2v) is 11.0. The van der Waals surface area contributed by atoms with Gasteiger partial charge in [-0.25, -0.2) is 8.42 Å². The Hall–Kier alpha value is -2.32. The number of aliphatic imine (C=N–C) groups is 1. The Bertz CT molecular complexity index is 1110. The maximum Gasteiger partial charge on any atom is 0.234 e. The van der Waals surface area contributed by atoms with Gasteiger partial charge in [0.15, 0.2) is 15.0 Å². The molecule has 2 heterocycles. The van der Waals surface area contributed by atoms with Crippen LogP contribution in [0.1, 0.15) is 16.7 Å². The van der Waals surface area contributed by atoms with Crippen molar-refractivity contribution in [1.82, 2.24) is 0 Å². The number of hydrogen-bond donors (Lipinski definition) is 1. The first-order valence-corrected chi connectivity index (χ1v) is 12.7. The van der Waals surface area contributed by atoms with E-state index in [1.165, 1.54) is 11.8 Å². The molecule has 0 saturated carbocycles. The molecule has 2 aliphatic heterocycles. The van der Waals surface area contributed by atoms with Gasteiger partial charge in [0.2, 0.25) is 5.91 Å². The number of nitrogens with one attached hydrogen (secondary N) is 1. The average Bonchev–Trinajstić information content (AvgIpc) is 3.16. The molecule has 30 heavy (non-hydrogen) atoms. The highest BCUT2D eigenvalue weighted by Gasteiger charge is 2.47. The summed E-state index contributed by atoms with van der Waals surface area (Å²) in [5, 5.41) is 3.68. The zero-order valence-corrected chi connectivity index (χ0v) is 18.9. The first-order valence-electron chi connectivity index (χ1n) is 9.86. The van der Waals surface area contributed by atoms with Gasteiger partial charge in [-0.05, 0) is 50.1 Å². The molecule has 0 aromatic heterocycles. The van der Waals surface area contributed by atoms with Gasteiger partial charge in [0.05, 0.1) is 29.3 Å². The summed E-state index contributed by atoms with van der Waals surface area (Å²) in [5.41, 5.74) is 5.03. The third-order valence-electron chi connectivity index (χ3n) is 5.63. The van der Waals surface area contributed by atoms with Crippen LogP contribution in [-0.4, -0.2) is 48.8 Å². The van der Waals surface area contributed by atoms with E-state index in [4.69, 9.17) is 0 Å². The lowest BCUT2D eigenvalue weighted by atomic mass is 10.1. The molecule has 0 radical (unpaired) electrons. The van der Waals surface area contributed by atoms with E-state index in [9.17, 15) is 13.2 Å². The number of sulfone groups is 1. The summed E-state index contributed by atoms with van der Waals surface area (Å²) >= 11 is 1.35. The van der Waals surface area contributed by atoms with Crippen molar-refractivity contribution in [2.24, 2.45) is 4.99 Å². The number of carbonyl (C=O) groups excluding carboxylic acids is 1. The van der Waals surface area contributed by atoms with Crippen LogP contribution in [0.5, 0.6) is 0 Å². The van der Waals surface area contributed by atoms with Crippen LogP contribution in [0.3, 0.4) is 0 Å². The fourth-order valence-electron chi connectivity index (χ4n) is 3.84. The molecule has 8 heteroatoms. The molecular formula is C22H25N3O3S2. The van der Waals surface area contributed by atoms with Gasteiger partial charge in [0.1, 0.15) is 0 Å². The summed E-state index contributed by atoms with van der Waals surface area (Å²) in [7, 11) is -3.10. The van der Waals surface area contributed by atoms with E-state index >= 15 is 0 Å². The molecule has 2 aromatic rings. The van der Waals surface area contributed by atoms with Crippen molar-refractivity contribution in [3.63, 3.8) is 0 Å². The van der Waals surface area contributed by atoms with E-state index < -0.39 is 9.84 Å². The molecule has 2 unspecified atom stereocenters. The summed E-state index contributed by atoms with van der Waals surface area (Å²) < 4.78 is 24.3. The predicted molar refractivity (Wildman–Crippen MR) is 124 cm³/mol. The Morgan fingerprint density at radius 2 is 1.87 bits per heavy atom. The number of amidine groups is 1. The molecule has 1 fully saturated rings. The number of amides is 1. The van der Waals surface area contributed by atoms with Gasteiger partial charge in [-0.3, -0.25) is 9.79 Å². The third-order valence-corrected chi connectivity index (χ3v) is 8.30. The normalized spacial score (nSPS) is 22.0. The maximum absolute atomic E-state index is 12.6. The molecule has 1 saturated heterocycles. The first-order chi connectivity index (χ1) is 14.2. The molecule has 2 aromatic carbocycles. The van der Waals surface area contributed by atoms with Gasteiger partial charge >= 0.3 is 0 Å². The van der Waals surface area contributed by atoms with Crippen molar-refractivity contribution in [3.8, 4) is 0 Å². The fourth-order valence-corrected chi connectivity index (χ4v) is 6.61. The molecule has 158 valence electrons. The number of anilines is 2. The number of hydrogen-bond acceptors (Lipinski definition) is 6. The largest absolute Gasteiger partial charge is 0.325 e. The van der Waals surface area contributed by atoms with Crippen LogP contribution in [0.2, 0.25) is 0 Å². The summed E-state index contributed by atoms with van der Waals surface area (Å²) in [6, 6.07) is 13.3. The maximum atomic E-state index is 12.6. The number of benzene rings is 2. The van der Waals surface area contributed by atoms with Crippen molar-refractivity contribution < 1.29 is 13.2 Å². The van der Waals surface area contributed by atoms with E-state index in [1.807, 2.05) is 68.1 Å². The molecule has 0 spiro atoms. The van der Waals surface area contributed by atoms with Crippen molar-refractivity contribution in [2.45, 2.75) is 32.9 Å². The van der Waals surface area contributed by atoms with E-state index in [1.54, 1.807) is 0 Å². The monoisotopic (exact) mass is 443 g/mol. The lowest BCUT2D eigenvalue weighted by molar-refractivity contribution is -0.113. The SMILES string of the molecule is Cc1ccc(N2C(SCC(=O)Nc3cccc(C)c3C)=NC3CS(=O)(=O)CC32)cc1. The van der Waals surface area contributed by atoms with Gasteiger partial charge in [0, 0.05) is 11.4 Å². The van der Waals surface area contributed by atoms with Crippen LogP contribution in [0, 0.1) is 20.8 Å². The minimum absolute atomic E-state index is 0.0682. The molecule has 0 bridgehead atoms. The predicted octanol–water partition coefficient (Wildman–Crippen LogP) is 3.33. The molecule has 1 amide bonds. The number of rotatable bonds is 4. The van der Waals surface area contributed by atoms with E-state index in [-0.39, 0.29) is 35.2 Å². The molecule has 0 aliphatic carbocycles. The lowest BCUT2D eigenvalue weighted by Gasteiger charge is -2.26. The zero-order valence-electron chi connectivity index (χ0n) is 17.3. The minimum atomic E-state index is -3.10. The summed E-state index contributed by atoms with van der Waals surface area (Å²) in [6.07, 6.45) is 0. The van der Waals surface area contributed by atoms with E-state index in [0.717, 1.165) is 28.1 Å². The van der Waals surface area contributed by atoms with Crippen LogP contribution in [-0.2, 0) is 14.6 Å². The van der Waals surface area contributed by atoms with Crippen LogP contribution in [0.15, 0.2) is 47.5 Å². The molecule has 1 N–H and O–H groups in total. The first kappa shape index (κ1) is 20.9. The third kappa shape index (κ3) is 4.25. The van der Waals surface area contributed by atoms with E-state index in [0.29, 0.717) is 5.17 Å². The van der Waals surface area contributed by atoms with Crippen LogP contribution >= 0.6 is 11.8 Å². The molecule has 2 atom stereocenters. The van der Waals surface area contributed by atoms with Gasteiger partial charge in [-0.15, -0.1) is 0 Å². The van der Waals surface area contributed by atoms with Crippen molar-refractivity contribution >= 4 is 44.0 Å². The minimum Gasteiger partial charge on any atom is -0.325 e. The zero-order chi connectivity index (χ0) is 21.5. The highest BCUT2D eigenvalue weighted by Crippen LogP contribution is 2.35. The molecule has 6 nitrogen and oxygen atoms in total. The Labute approximate surface area is 181 Å². The van der Waals surface area contributed by atoms with Crippen molar-refractivity contribution in [2.75, 3.05) is 27.5 Å². The second-order valence-electron chi connectivity index (χ2n) is 7.91. The molecular weight excluding hydrogens is 418 g/mol. The van der Waals surface area contributed by atoms with Gasteiger partial charge in [-0.2, -0.15) is 0 Å². The second kappa shape index (κ2) is 8.07. The van der Waals surface area contributed by atoms with Crippen LogP contribution in [0.4, 0.5) is 11.4 Å². The smallest absolute Gasteiger partial charge is 0.234 e. The highest BCUT2D eigenvalue weighted by molar-refractivity contribution is 8.14. The Kier molecular flexibility index (Phi) is 5.63. The Morgan fingerprint density at radius 1 is 1.13 bits per heavy atom. The summed E-state index contributed by atoms with van der Waals surface area (Å²) in [6.45, 7) is 6.01. The van der Waals surface area contributed by atoms with Crippen molar-refractivity contribution in [1.29, 1.82) is 0 Å². The average molecular weight is 444 g/mol. The Balaban J connectivity index is 1.51. The number of nitrogens with zero attached hydrogens (tertiary/aromatic N) is 2. The Morgan fingerprint density at radius 3 is 2.60 bits per heavy atom. The number of carbonyl (C=O) groups is 1. The standard InChI is InChI=1S/C22H25N3O3S2/c1-14-7-9-17(10-8-14)25-20-13-30(27,28)12-19(20)24-22(25)29-11-21(26)23-18-6-4-5-15(2)16(18)3/h4-10,19-20H,11-13H2,1-3H3,(H,23,26). The molecule has 2 aliphatic rings. The van der Waals surface area contributed by atoms with Crippen molar-refractivity contribution in [3.05, 3.63) is 59.2 Å². The van der Waals surface area contributed by atoms with E-state index in [2.05, 4.69) is 10.3 Å². The highest BCUT2D eigenvalue weighted by atomic mass is 32.2. The van der Waals surface area contributed by atoms with Crippen LogP contribution in [0.25, 0.3) is 0 Å². The fraction of sp³-hybridized carbons (Fsp3) is 0.364. The topological polar surface area (TPSA) is 78.8 Å². The van der Waals surface area contributed by atoms with Gasteiger partial charge < -0.3 is 10.2 Å².